The fourth-order valence-electron chi connectivity index (χ4n) is 0.992. The van der Waals surface area contributed by atoms with Crippen LogP contribution in [0.5, 0.6) is 0 Å². The van der Waals surface area contributed by atoms with Crippen LogP contribution in [0.3, 0.4) is 0 Å². The Kier molecular flexibility index (Phi) is 3.45. The van der Waals surface area contributed by atoms with Crippen LogP contribution in [-0.2, 0) is 0 Å². The van der Waals surface area contributed by atoms with Gasteiger partial charge in [0.15, 0.2) is 11.6 Å². The number of hydrogen-bond donors (Lipinski definition) is 0. The first kappa shape index (κ1) is 10.5. The van der Waals surface area contributed by atoms with Gasteiger partial charge in [0, 0.05) is 12.8 Å². The van der Waals surface area contributed by atoms with Crippen molar-refractivity contribution in [2.24, 2.45) is 0 Å². The summed E-state index contributed by atoms with van der Waals surface area (Å²) in [5.41, 5.74) is 0.639. The molecule has 0 fully saturated rings. The molecule has 0 atom stereocenters. The summed E-state index contributed by atoms with van der Waals surface area (Å²) in [5.74, 6) is -0.124. The lowest BCUT2D eigenvalue weighted by atomic mass is 10.2. The van der Waals surface area contributed by atoms with E-state index in [1.54, 1.807) is 26.0 Å². The van der Waals surface area contributed by atoms with Crippen LogP contribution in [0.1, 0.15) is 47.7 Å². The maximum absolute atomic E-state index is 11.2. The van der Waals surface area contributed by atoms with Gasteiger partial charge in [-0.25, -0.2) is 0 Å². The summed E-state index contributed by atoms with van der Waals surface area (Å²) in [5, 5.41) is 7.40. The molecule has 74 valence electrons. The van der Waals surface area contributed by atoms with Crippen LogP contribution >= 0.6 is 0 Å². The molecule has 0 aliphatic carbocycles. The maximum atomic E-state index is 11.2. The zero-order valence-electron chi connectivity index (χ0n) is 8.28. The average molecular weight is 192 g/mol. The van der Waals surface area contributed by atoms with Gasteiger partial charge in [-0.1, -0.05) is 13.8 Å². The average Bonchev–Trinajstić information content (AvgIpc) is 2.27. The number of carbonyl (C=O) groups excluding carboxylic acids is 2. The van der Waals surface area contributed by atoms with Gasteiger partial charge in [-0.15, -0.1) is 10.2 Å². The highest BCUT2D eigenvalue weighted by molar-refractivity contribution is 5.96. The molecular weight excluding hydrogens is 180 g/mol. The minimum Gasteiger partial charge on any atom is -0.292 e. The molecule has 1 heterocycles. The van der Waals surface area contributed by atoms with Gasteiger partial charge < -0.3 is 0 Å². The molecule has 14 heavy (non-hydrogen) atoms. The van der Waals surface area contributed by atoms with Crippen LogP contribution in [0.4, 0.5) is 0 Å². The van der Waals surface area contributed by atoms with Gasteiger partial charge in [-0.05, 0) is 12.1 Å². The molecule has 0 amide bonds. The minimum absolute atomic E-state index is 0.0620. The SMILES string of the molecule is CCC(=O)c1ccc(C(=O)CC)nn1. The van der Waals surface area contributed by atoms with Gasteiger partial charge in [-0.3, -0.25) is 9.59 Å². The Balaban J connectivity index is 2.89. The van der Waals surface area contributed by atoms with Crippen molar-refractivity contribution >= 4 is 11.6 Å². The van der Waals surface area contributed by atoms with Crippen molar-refractivity contribution in [2.45, 2.75) is 26.7 Å². The van der Waals surface area contributed by atoms with Crippen LogP contribution in [0.15, 0.2) is 12.1 Å². The lowest BCUT2D eigenvalue weighted by Gasteiger charge is -1.97. The van der Waals surface area contributed by atoms with Crippen LogP contribution in [0.2, 0.25) is 0 Å². The molecule has 0 spiro atoms. The Morgan fingerprint density at radius 3 is 1.57 bits per heavy atom. The smallest absolute Gasteiger partial charge is 0.182 e. The van der Waals surface area contributed by atoms with E-state index in [-0.39, 0.29) is 11.6 Å². The summed E-state index contributed by atoms with van der Waals surface area (Å²) in [6, 6.07) is 3.09. The Labute approximate surface area is 82.4 Å². The molecule has 0 N–H and O–H groups in total. The third kappa shape index (κ3) is 2.22. The number of aromatic nitrogens is 2. The summed E-state index contributed by atoms with van der Waals surface area (Å²) < 4.78 is 0. The highest BCUT2D eigenvalue weighted by Crippen LogP contribution is 2.02. The molecular formula is C10H12N2O2. The molecule has 1 aromatic heterocycles. The van der Waals surface area contributed by atoms with E-state index in [2.05, 4.69) is 10.2 Å². The molecule has 1 rings (SSSR count). The van der Waals surface area contributed by atoms with Gasteiger partial charge in [-0.2, -0.15) is 0 Å². The zero-order valence-corrected chi connectivity index (χ0v) is 8.28. The van der Waals surface area contributed by atoms with E-state index in [0.717, 1.165) is 0 Å². The van der Waals surface area contributed by atoms with Crippen LogP contribution in [0.25, 0.3) is 0 Å². The minimum atomic E-state index is -0.0620. The van der Waals surface area contributed by atoms with Crippen molar-refractivity contribution in [2.75, 3.05) is 0 Å². The fourth-order valence-corrected chi connectivity index (χ4v) is 0.992. The van der Waals surface area contributed by atoms with E-state index in [1.807, 2.05) is 0 Å². The van der Waals surface area contributed by atoms with Crippen LogP contribution in [0, 0.1) is 0 Å². The monoisotopic (exact) mass is 192 g/mol. The number of rotatable bonds is 4. The molecule has 0 saturated heterocycles. The predicted octanol–water partition coefficient (Wildman–Crippen LogP) is 1.66. The number of carbonyl (C=O) groups is 2. The highest BCUT2D eigenvalue weighted by atomic mass is 16.1. The maximum Gasteiger partial charge on any atom is 0.182 e. The predicted molar refractivity (Wildman–Crippen MR) is 51.3 cm³/mol. The van der Waals surface area contributed by atoms with Crippen molar-refractivity contribution in [1.82, 2.24) is 10.2 Å². The van der Waals surface area contributed by atoms with Crippen LogP contribution < -0.4 is 0 Å². The Morgan fingerprint density at radius 1 is 1.00 bits per heavy atom. The largest absolute Gasteiger partial charge is 0.292 e. The quantitative estimate of drug-likeness (QED) is 0.681. The summed E-state index contributed by atoms with van der Waals surface area (Å²) in [7, 11) is 0. The fraction of sp³-hybridized carbons (Fsp3) is 0.400. The topological polar surface area (TPSA) is 59.9 Å². The van der Waals surface area contributed by atoms with E-state index >= 15 is 0 Å². The molecule has 0 aliphatic rings. The second kappa shape index (κ2) is 4.60. The first-order valence-electron chi connectivity index (χ1n) is 4.59. The molecule has 0 aromatic carbocycles. The molecule has 0 bridgehead atoms. The second-order valence-corrected chi connectivity index (χ2v) is 2.86. The number of ketones is 2. The normalized spacial score (nSPS) is 9.86. The number of nitrogens with zero attached hydrogens (tertiary/aromatic N) is 2. The molecule has 4 nitrogen and oxygen atoms in total. The van der Waals surface area contributed by atoms with Crippen molar-refractivity contribution in [3.63, 3.8) is 0 Å². The molecule has 0 radical (unpaired) electrons. The highest BCUT2D eigenvalue weighted by Gasteiger charge is 2.08. The Hall–Kier alpha value is -1.58. The lowest BCUT2D eigenvalue weighted by molar-refractivity contribution is 0.0967. The van der Waals surface area contributed by atoms with Crippen molar-refractivity contribution in [1.29, 1.82) is 0 Å². The van der Waals surface area contributed by atoms with Crippen molar-refractivity contribution < 1.29 is 9.59 Å². The summed E-state index contributed by atoms with van der Waals surface area (Å²) >= 11 is 0. The second-order valence-electron chi connectivity index (χ2n) is 2.86. The Bertz CT molecular complexity index is 309. The van der Waals surface area contributed by atoms with Gasteiger partial charge in [0.2, 0.25) is 0 Å². The van der Waals surface area contributed by atoms with Gasteiger partial charge in [0.05, 0.1) is 0 Å². The van der Waals surface area contributed by atoms with Crippen molar-refractivity contribution in [3.05, 3.63) is 23.5 Å². The number of hydrogen-bond acceptors (Lipinski definition) is 4. The Morgan fingerprint density at radius 2 is 1.36 bits per heavy atom. The first-order chi connectivity index (χ1) is 6.69. The van der Waals surface area contributed by atoms with Gasteiger partial charge >= 0.3 is 0 Å². The third-order valence-electron chi connectivity index (χ3n) is 1.88. The summed E-state index contributed by atoms with van der Waals surface area (Å²) in [6.45, 7) is 3.52. The summed E-state index contributed by atoms with van der Waals surface area (Å²) in [6.07, 6.45) is 0.797. The molecule has 0 saturated carbocycles. The lowest BCUT2D eigenvalue weighted by Crippen LogP contribution is -2.07. The first-order valence-corrected chi connectivity index (χ1v) is 4.59. The van der Waals surface area contributed by atoms with E-state index < -0.39 is 0 Å². The molecule has 1 aromatic rings. The number of Topliss-reactive ketones (excluding diaryl/α,β-unsaturated/α-hetero) is 2. The standard InChI is InChI=1S/C10H12N2O2/c1-3-9(13)7-5-6-8(12-11-7)10(14)4-2/h5-6H,3-4H2,1-2H3. The van der Waals surface area contributed by atoms with E-state index in [0.29, 0.717) is 24.2 Å². The molecule has 4 heteroatoms. The van der Waals surface area contributed by atoms with Crippen molar-refractivity contribution in [3.8, 4) is 0 Å². The zero-order chi connectivity index (χ0) is 10.6. The van der Waals surface area contributed by atoms with Gasteiger partial charge in [0.25, 0.3) is 0 Å². The van der Waals surface area contributed by atoms with E-state index in [4.69, 9.17) is 0 Å². The van der Waals surface area contributed by atoms with Crippen LogP contribution in [-0.4, -0.2) is 21.8 Å². The van der Waals surface area contributed by atoms with E-state index in [1.165, 1.54) is 0 Å². The van der Waals surface area contributed by atoms with E-state index in [9.17, 15) is 9.59 Å². The summed E-state index contributed by atoms with van der Waals surface area (Å²) in [4.78, 5) is 22.4. The molecule has 0 unspecified atom stereocenters. The van der Waals surface area contributed by atoms with Gasteiger partial charge in [0.1, 0.15) is 11.4 Å². The molecule has 0 aliphatic heterocycles. The third-order valence-corrected chi connectivity index (χ3v) is 1.88.